The molecule has 9 nitrogen and oxygen atoms in total. The number of anilines is 1. The number of halogens is 1. The van der Waals surface area contributed by atoms with E-state index in [2.05, 4.69) is 20.6 Å². The molecule has 0 radical (unpaired) electrons. The maximum absolute atomic E-state index is 12.1. The zero-order valence-corrected chi connectivity index (χ0v) is 14.8. The number of nitro groups is 1. The van der Waals surface area contributed by atoms with Gasteiger partial charge in [0.25, 0.3) is 11.6 Å². The normalized spacial score (nSPS) is 10.4. The molecular formula is C17H15ClN6O3. The predicted octanol–water partition coefficient (Wildman–Crippen LogP) is 2.67. The van der Waals surface area contributed by atoms with Gasteiger partial charge in [-0.15, -0.1) is 0 Å². The molecule has 1 aromatic carbocycles. The van der Waals surface area contributed by atoms with Crippen molar-refractivity contribution in [2.75, 3.05) is 18.4 Å². The van der Waals surface area contributed by atoms with E-state index in [4.69, 9.17) is 11.6 Å². The SMILES string of the molecule is O=C(NCCNc1cc(-n2cccc2)ncn1)c1ccc([N+](=O)[O-])cc1Cl. The van der Waals surface area contributed by atoms with Gasteiger partial charge in [0.1, 0.15) is 18.0 Å². The Kier molecular flexibility index (Phi) is 5.62. The van der Waals surface area contributed by atoms with Crippen LogP contribution in [0.4, 0.5) is 11.5 Å². The molecule has 27 heavy (non-hydrogen) atoms. The third-order valence-corrected chi connectivity index (χ3v) is 3.96. The summed E-state index contributed by atoms with van der Waals surface area (Å²) in [5.41, 5.74) is 0.0136. The molecule has 138 valence electrons. The van der Waals surface area contributed by atoms with Crippen molar-refractivity contribution in [2.45, 2.75) is 0 Å². The second kappa shape index (κ2) is 8.28. The molecule has 0 aliphatic carbocycles. The minimum atomic E-state index is -0.568. The Bertz CT molecular complexity index is 961. The molecule has 0 saturated heterocycles. The molecular weight excluding hydrogens is 372 g/mol. The molecule has 3 aromatic rings. The first kappa shape index (κ1) is 18.3. The number of nitro benzene ring substituents is 1. The number of benzene rings is 1. The number of aromatic nitrogens is 3. The van der Waals surface area contributed by atoms with E-state index in [-0.39, 0.29) is 16.3 Å². The summed E-state index contributed by atoms with van der Waals surface area (Å²) in [5, 5.41) is 16.5. The van der Waals surface area contributed by atoms with Gasteiger partial charge in [-0.3, -0.25) is 14.9 Å². The van der Waals surface area contributed by atoms with E-state index in [9.17, 15) is 14.9 Å². The topological polar surface area (TPSA) is 115 Å². The highest BCUT2D eigenvalue weighted by atomic mass is 35.5. The van der Waals surface area contributed by atoms with Crippen LogP contribution >= 0.6 is 11.6 Å². The minimum absolute atomic E-state index is 0.0295. The highest BCUT2D eigenvalue weighted by Gasteiger charge is 2.14. The average molecular weight is 387 g/mol. The highest BCUT2D eigenvalue weighted by molar-refractivity contribution is 6.34. The molecule has 1 amide bonds. The van der Waals surface area contributed by atoms with E-state index in [0.29, 0.717) is 18.9 Å². The Morgan fingerprint density at radius 2 is 1.96 bits per heavy atom. The predicted molar refractivity (Wildman–Crippen MR) is 100 cm³/mol. The van der Waals surface area contributed by atoms with Gasteiger partial charge in [-0.05, 0) is 18.2 Å². The monoisotopic (exact) mass is 386 g/mol. The summed E-state index contributed by atoms with van der Waals surface area (Å²) >= 11 is 5.94. The summed E-state index contributed by atoms with van der Waals surface area (Å²) in [6, 6.07) is 9.30. The maximum atomic E-state index is 12.1. The molecule has 0 atom stereocenters. The molecule has 2 aromatic heterocycles. The lowest BCUT2D eigenvalue weighted by Gasteiger charge is -2.09. The molecule has 0 spiro atoms. The smallest absolute Gasteiger partial charge is 0.270 e. The summed E-state index contributed by atoms with van der Waals surface area (Å²) < 4.78 is 1.85. The number of nitrogens with zero attached hydrogens (tertiary/aromatic N) is 4. The van der Waals surface area contributed by atoms with Crippen LogP contribution in [0.3, 0.4) is 0 Å². The molecule has 0 bridgehead atoms. The summed E-state index contributed by atoms with van der Waals surface area (Å²) in [5.74, 6) is 0.933. The van der Waals surface area contributed by atoms with Gasteiger partial charge >= 0.3 is 0 Å². The molecule has 3 rings (SSSR count). The molecule has 0 saturated carbocycles. The van der Waals surface area contributed by atoms with Crippen LogP contribution in [-0.2, 0) is 0 Å². The lowest BCUT2D eigenvalue weighted by atomic mass is 10.2. The van der Waals surface area contributed by atoms with Crippen LogP contribution in [0.5, 0.6) is 0 Å². The van der Waals surface area contributed by atoms with Crippen LogP contribution in [0.1, 0.15) is 10.4 Å². The van der Waals surface area contributed by atoms with Gasteiger partial charge in [0.2, 0.25) is 0 Å². The summed E-state index contributed by atoms with van der Waals surface area (Å²) in [7, 11) is 0. The van der Waals surface area contributed by atoms with E-state index in [1.165, 1.54) is 18.5 Å². The lowest BCUT2D eigenvalue weighted by molar-refractivity contribution is -0.384. The third-order valence-electron chi connectivity index (χ3n) is 3.65. The van der Waals surface area contributed by atoms with Gasteiger partial charge < -0.3 is 15.2 Å². The zero-order chi connectivity index (χ0) is 19.2. The first-order valence-corrected chi connectivity index (χ1v) is 8.34. The van der Waals surface area contributed by atoms with Gasteiger partial charge in [0.05, 0.1) is 15.5 Å². The fourth-order valence-corrected chi connectivity index (χ4v) is 2.60. The third kappa shape index (κ3) is 4.59. The van der Waals surface area contributed by atoms with Gasteiger partial charge in [-0.1, -0.05) is 11.6 Å². The van der Waals surface area contributed by atoms with Crippen molar-refractivity contribution in [3.63, 3.8) is 0 Å². The second-order valence-corrected chi connectivity index (χ2v) is 5.86. The molecule has 0 aliphatic heterocycles. The van der Waals surface area contributed by atoms with Crippen molar-refractivity contribution in [3.8, 4) is 5.82 Å². The summed E-state index contributed by atoms with van der Waals surface area (Å²) in [6.45, 7) is 0.744. The summed E-state index contributed by atoms with van der Waals surface area (Å²) in [6.07, 6.45) is 5.20. The Balaban J connectivity index is 1.52. The average Bonchev–Trinajstić information content (AvgIpc) is 3.20. The fourth-order valence-electron chi connectivity index (χ4n) is 2.34. The number of hydrogen-bond donors (Lipinski definition) is 2. The number of carbonyl (C=O) groups excluding carboxylic acids is 1. The number of nitrogens with one attached hydrogen (secondary N) is 2. The standard InChI is InChI=1S/C17H15ClN6O3/c18-14-9-12(24(26)27)3-4-13(14)17(25)20-6-5-19-15-10-16(22-11-21-15)23-7-1-2-8-23/h1-4,7-11H,5-6H2,(H,20,25)(H,19,21,22). The van der Waals surface area contributed by atoms with Crippen molar-refractivity contribution in [1.29, 1.82) is 0 Å². The van der Waals surface area contributed by atoms with Crippen molar-refractivity contribution in [3.05, 3.63) is 75.8 Å². The van der Waals surface area contributed by atoms with Crippen molar-refractivity contribution in [1.82, 2.24) is 19.9 Å². The van der Waals surface area contributed by atoms with Gasteiger partial charge in [-0.2, -0.15) is 0 Å². The Morgan fingerprint density at radius 1 is 1.19 bits per heavy atom. The number of rotatable bonds is 7. The van der Waals surface area contributed by atoms with Crippen LogP contribution < -0.4 is 10.6 Å². The summed E-state index contributed by atoms with van der Waals surface area (Å²) in [4.78, 5) is 30.6. The Morgan fingerprint density at radius 3 is 2.67 bits per heavy atom. The van der Waals surface area contributed by atoms with E-state index in [1.807, 2.05) is 29.1 Å². The zero-order valence-electron chi connectivity index (χ0n) is 14.0. The van der Waals surface area contributed by atoms with E-state index in [0.717, 1.165) is 11.9 Å². The van der Waals surface area contributed by atoms with Crippen LogP contribution in [-0.4, -0.2) is 38.5 Å². The molecule has 0 unspecified atom stereocenters. The first-order chi connectivity index (χ1) is 13.0. The highest BCUT2D eigenvalue weighted by Crippen LogP contribution is 2.22. The Labute approximate surface area is 159 Å². The number of hydrogen-bond acceptors (Lipinski definition) is 6. The van der Waals surface area contributed by atoms with Crippen molar-refractivity contribution in [2.24, 2.45) is 0 Å². The van der Waals surface area contributed by atoms with E-state index >= 15 is 0 Å². The molecule has 2 N–H and O–H groups in total. The van der Waals surface area contributed by atoms with Crippen LogP contribution in [0.2, 0.25) is 5.02 Å². The van der Waals surface area contributed by atoms with E-state index in [1.54, 1.807) is 6.07 Å². The maximum Gasteiger partial charge on any atom is 0.270 e. The number of amides is 1. The van der Waals surface area contributed by atoms with Crippen molar-refractivity contribution < 1.29 is 9.72 Å². The molecule has 0 fully saturated rings. The van der Waals surface area contributed by atoms with Crippen LogP contribution in [0.25, 0.3) is 5.82 Å². The van der Waals surface area contributed by atoms with Crippen LogP contribution in [0.15, 0.2) is 55.1 Å². The lowest BCUT2D eigenvalue weighted by Crippen LogP contribution is -2.29. The Hall–Kier alpha value is -3.46. The quantitative estimate of drug-likeness (QED) is 0.366. The van der Waals surface area contributed by atoms with Crippen molar-refractivity contribution >= 4 is 29.0 Å². The molecule has 0 aliphatic rings. The largest absolute Gasteiger partial charge is 0.368 e. The van der Waals surface area contributed by atoms with E-state index < -0.39 is 10.8 Å². The van der Waals surface area contributed by atoms with Gasteiger partial charge in [-0.25, -0.2) is 9.97 Å². The second-order valence-electron chi connectivity index (χ2n) is 5.46. The minimum Gasteiger partial charge on any atom is -0.368 e. The number of carbonyl (C=O) groups is 1. The van der Waals surface area contributed by atoms with Gasteiger partial charge in [0.15, 0.2) is 0 Å². The first-order valence-electron chi connectivity index (χ1n) is 7.96. The van der Waals surface area contributed by atoms with Crippen LogP contribution in [0, 0.1) is 10.1 Å². The molecule has 10 heteroatoms. The fraction of sp³-hybridized carbons (Fsp3) is 0.118. The van der Waals surface area contributed by atoms with Gasteiger partial charge in [0, 0.05) is 43.7 Å². The number of non-ortho nitro benzene ring substituents is 1. The molecule has 2 heterocycles.